The average molecular weight is 595 g/mol. The number of halogens is 4. The molecule has 1 heterocycles. The number of rotatable bonds is 6. The SMILES string of the molecule is CCCCC(CC)Cn1c2cc(Br)c(Br)cc2c2cc(Br)c(Br)cc21. The van der Waals surface area contributed by atoms with Crippen molar-refractivity contribution in [3.05, 3.63) is 42.2 Å². The summed E-state index contributed by atoms with van der Waals surface area (Å²) in [4.78, 5) is 0. The molecule has 0 N–H and O–H groups in total. The fraction of sp³-hybridized carbons (Fsp3) is 0.400. The van der Waals surface area contributed by atoms with E-state index in [1.807, 2.05) is 0 Å². The van der Waals surface area contributed by atoms with Crippen LogP contribution in [-0.4, -0.2) is 4.57 Å². The van der Waals surface area contributed by atoms with Gasteiger partial charge in [0, 0.05) is 35.2 Å². The third-order valence-electron chi connectivity index (χ3n) is 4.93. The minimum Gasteiger partial charge on any atom is -0.340 e. The summed E-state index contributed by atoms with van der Waals surface area (Å²) < 4.78 is 6.89. The molecule has 0 saturated heterocycles. The molecule has 0 saturated carbocycles. The van der Waals surface area contributed by atoms with E-state index in [4.69, 9.17) is 0 Å². The Morgan fingerprint density at radius 3 is 1.72 bits per heavy atom. The van der Waals surface area contributed by atoms with Crippen molar-refractivity contribution >= 4 is 85.5 Å². The summed E-state index contributed by atoms with van der Waals surface area (Å²) in [6, 6.07) is 8.94. The van der Waals surface area contributed by atoms with Crippen LogP contribution in [0, 0.1) is 5.92 Å². The Balaban J connectivity index is 2.23. The van der Waals surface area contributed by atoms with Gasteiger partial charge in [-0.05, 0) is 100 Å². The number of hydrogen-bond donors (Lipinski definition) is 0. The number of unbranched alkanes of at least 4 members (excludes halogenated alkanes) is 1. The second-order valence-corrected chi connectivity index (χ2v) is 10.0. The zero-order valence-electron chi connectivity index (χ0n) is 14.4. The first-order valence-corrected chi connectivity index (χ1v) is 11.9. The molecule has 3 aromatic rings. The van der Waals surface area contributed by atoms with Crippen molar-refractivity contribution < 1.29 is 0 Å². The Kier molecular flexibility index (Phi) is 6.73. The first kappa shape index (κ1) is 19.9. The van der Waals surface area contributed by atoms with Crippen molar-refractivity contribution in [2.75, 3.05) is 0 Å². The van der Waals surface area contributed by atoms with Crippen LogP contribution >= 0.6 is 63.7 Å². The van der Waals surface area contributed by atoms with Crippen LogP contribution < -0.4 is 0 Å². The maximum atomic E-state index is 3.68. The summed E-state index contributed by atoms with van der Waals surface area (Å²) in [5.41, 5.74) is 2.59. The van der Waals surface area contributed by atoms with Gasteiger partial charge in [0.15, 0.2) is 0 Å². The highest BCUT2D eigenvalue weighted by Crippen LogP contribution is 2.39. The lowest BCUT2D eigenvalue weighted by atomic mass is 9.99. The largest absolute Gasteiger partial charge is 0.340 e. The summed E-state index contributed by atoms with van der Waals surface area (Å²) in [6.45, 7) is 5.66. The van der Waals surface area contributed by atoms with Crippen molar-refractivity contribution in [1.29, 1.82) is 0 Å². The van der Waals surface area contributed by atoms with E-state index >= 15 is 0 Å². The summed E-state index contributed by atoms with van der Waals surface area (Å²) in [5.74, 6) is 0.712. The van der Waals surface area contributed by atoms with Crippen LogP contribution in [0.3, 0.4) is 0 Å². The Morgan fingerprint density at radius 1 is 0.800 bits per heavy atom. The number of nitrogens with zero attached hydrogens (tertiary/aromatic N) is 1. The highest BCUT2D eigenvalue weighted by Gasteiger charge is 2.17. The summed E-state index contributed by atoms with van der Waals surface area (Å²) >= 11 is 14.7. The Hall–Kier alpha value is 0.160. The summed E-state index contributed by atoms with van der Waals surface area (Å²) in [5, 5.41) is 2.59. The minimum atomic E-state index is 0.712. The van der Waals surface area contributed by atoms with E-state index in [-0.39, 0.29) is 0 Å². The fourth-order valence-electron chi connectivity index (χ4n) is 3.45. The molecule has 0 aliphatic rings. The molecule has 0 aliphatic heterocycles. The van der Waals surface area contributed by atoms with Crippen LogP contribution in [0.15, 0.2) is 42.2 Å². The molecular formula is C20H21Br4N. The predicted molar refractivity (Wildman–Crippen MR) is 124 cm³/mol. The molecular weight excluding hydrogens is 574 g/mol. The van der Waals surface area contributed by atoms with Gasteiger partial charge in [-0.2, -0.15) is 0 Å². The first-order valence-electron chi connectivity index (χ1n) is 8.72. The molecule has 1 aromatic heterocycles. The molecule has 0 fully saturated rings. The second-order valence-electron chi connectivity index (χ2n) is 6.59. The maximum absolute atomic E-state index is 3.68. The second kappa shape index (κ2) is 8.45. The molecule has 1 nitrogen and oxygen atoms in total. The fourth-order valence-corrected chi connectivity index (χ4v) is 4.80. The lowest BCUT2D eigenvalue weighted by Crippen LogP contribution is -2.10. The molecule has 2 aromatic carbocycles. The molecule has 1 atom stereocenters. The highest BCUT2D eigenvalue weighted by molar-refractivity contribution is 9.13. The van der Waals surface area contributed by atoms with Crippen molar-refractivity contribution in [2.24, 2.45) is 5.92 Å². The predicted octanol–water partition coefficient (Wildman–Crippen LogP) is 9.06. The lowest BCUT2D eigenvalue weighted by Gasteiger charge is -2.17. The molecule has 3 rings (SSSR count). The number of aromatic nitrogens is 1. The molecule has 5 heteroatoms. The molecule has 0 radical (unpaired) electrons. The number of benzene rings is 2. The summed E-state index contributed by atoms with van der Waals surface area (Å²) in [7, 11) is 0. The van der Waals surface area contributed by atoms with Gasteiger partial charge in [-0.3, -0.25) is 0 Å². The Bertz CT molecular complexity index is 848. The van der Waals surface area contributed by atoms with Gasteiger partial charge in [0.25, 0.3) is 0 Å². The molecule has 0 amide bonds. The van der Waals surface area contributed by atoms with Gasteiger partial charge in [-0.1, -0.05) is 33.1 Å². The van der Waals surface area contributed by atoms with Crippen LogP contribution in [0.25, 0.3) is 21.8 Å². The van der Waals surface area contributed by atoms with Gasteiger partial charge in [-0.15, -0.1) is 0 Å². The van der Waals surface area contributed by atoms with Crippen LogP contribution in [0.5, 0.6) is 0 Å². The highest BCUT2D eigenvalue weighted by atomic mass is 79.9. The standard InChI is InChI=1S/C20H21Br4N/c1-3-5-6-12(4-2)11-25-19-9-17(23)15(21)7-13(19)14-8-16(22)18(24)10-20(14)25/h7-10,12H,3-6,11H2,1-2H3. The summed E-state index contributed by atoms with van der Waals surface area (Å²) in [6.07, 6.45) is 5.08. The third kappa shape index (κ3) is 4.04. The van der Waals surface area contributed by atoms with Crippen LogP contribution in [0.4, 0.5) is 0 Å². The molecule has 0 spiro atoms. The normalized spacial score (nSPS) is 13.0. The van der Waals surface area contributed by atoms with Gasteiger partial charge in [0.2, 0.25) is 0 Å². The number of fused-ring (bicyclic) bond motifs is 3. The zero-order chi connectivity index (χ0) is 18.1. The Labute approximate surface area is 183 Å². The molecule has 0 aliphatic carbocycles. The quantitative estimate of drug-likeness (QED) is 0.268. The van der Waals surface area contributed by atoms with E-state index in [9.17, 15) is 0 Å². The van der Waals surface area contributed by atoms with E-state index in [1.165, 1.54) is 47.5 Å². The molecule has 25 heavy (non-hydrogen) atoms. The monoisotopic (exact) mass is 591 g/mol. The van der Waals surface area contributed by atoms with E-state index < -0.39 is 0 Å². The van der Waals surface area contributed by atoms with Crippen molar-refractivity contribution in [2.45, 2.75) is 46.1 Å². The van der Waals surface area contributed by atoms with E-state index in [2.05, 4.69) is 106 Å². The molecule has 0 bridgehead atoms. The van der Waals surface area contributed by atoms with Gasteiger partial charge in [0.05, 0.1) is 11.0 Å². The van der Waals surface area contributed by atoms with Crippen molar-refractivity contribution in [3.8, 4) is 0 Å². The van der Waals surface area contributed by atoms with Gasteiger partial charge >= 0.3 is 0 Å². The smallest absolute Gasteiger partial charge is 0.0503 e. The van der Waals surface area contributed by atoms with E-state index in [1.54, 1.807) is 0 Å². The topological polar surface area (TPSA) is 4.93 Å². The molecule has 1 unspecified atom stereocenters. The average Bonchev–Trinajstić information content (AvgIpc) is 2.85. The first-order chi connectivity index (χ1) is 12.0. The lowest BCUT2D eigenvalue weighted by molar-refractivity contribution is 0.401. The third-order valence-corrected chi connectivity index (χ3v) is 8.62. The van der Waals surface area contributed by atoms with E-state index in [0.29, 0.717) is 5.92 Å². The zero-order valence-corrected chi connectivity index (χ0v) is 20.7. The van der Waals surface area contributed by atoms with Crippen molar-refractivity contribution in [1.82, 2.24) is 4.57 Å². The minimum absolute atomic E-state index is 0.712. The number of hydrogen-bond acceptors (Lipinski definition) is 0. The van der Waals surface area contributed by atoms with Crippen LogP contribution in [0.2, 0.25) is 0 Å². The van der Waals surface area contributed by atoms with Gasteiger partial charge < -0.3 is 4.57 Å². The Morgan fingerprint density at radius 2 is 1.28 bits per heavy atom. The molecule has 134 valence electrons. The maximum Gasteiger partial charge on any atom is 0.0503 e. The van der Waals surface area contributed by atoms with Crippen LogP contribution in [-0.2, 0) is 6.54 Å². The van der Waals surface area contributed by atoms with Crippen LogP contribution in [0.1, 0.15) is 39.5 Å². The van der Waals surface area contributed by atoms with Gasteiger partial charge in [-0.25, -0.2) is 0 Å². The van der Waals surface area contributed by atoms with Gasteiger partial charge in [0.1, 0.15) is 0 Å². The van der Waals surface area contributed by atoms with E-state index in [0.717, 1.165) is 24.4 Å². The van der Waals surface area contributed by atoms with Crippen molar-refractivity contribution in [3.63, 3.8) is 0 Å².